The zero-order valence-electron chi connectivity index (χ0n) is 13.5. The van der Waals surface area contributed by atoms with Crippen LogP contribution < -0.4 is 14.8 Å². The fourth-order valence-corrected chi connectivity index (χ4v) is 2.41. The highest BCUT2D eigenvalue weighted by Crippen LogP contribution is 2.25. The molecular formula is C18H18BrNO4. The number of carbonyl (C=O) groups is 2. The zero-order valence-corrected chi connectivity index (χ0v) is 15.1. The molecule has 5 nitrogen and oxygen atoms in total. The minimum atomic E-state index is -0.215. The van der Waals surface area contributed by atoms with Gasteiger partial charge in [0.15, 0.2) is 5.78 Å². The van der Waals surface area contributed by atoms with Crippen molar-refractivity contribution >= 4 is 33.3 Å². The summed E-state index contributed by atoms with van der Waals surface area (Å²) < 4.78 is 11.3. The van der Waals surface area contributed by atoms with Crippen molar-refractivity contribution in [2.75, 3.05) is 19.5 Å². The van der Waals surface area contributed by atoms with Crippen molar-refractivity contribution in [3.05, 3.63) is 52.5 Å². The lowest BCUT2D eigenvalue weighted by molar-refractivity contribution is -0.116. The van der Waals surface area contributed by atoms with E-state index in [2.05, 4.69) is 21.2 Å². The number of ketones is 1. The fraction of sp³-hybridized carbons (Fsp3) is 0.222. The fourth-order valence-electron chi connectivity index (χ4n) is 2.15. The number of halogens is 1. The third-order valence-corrected chi connectivity index (χ3v) is 3.94. The number of hydrogen-bond donors (Lipinski definition) is 1. The number of amides is 1. The molecule has 1 N–H and O–H groups in total. The predicted octanol–water partition coefficient (Wildman–Crippen LogP) is 4.07. The Bertz CT molecular complexity index is 728. The number of anilines is 1. The number of Topliss-reactive ketones (excluding diaryl/α,β-unsaturated/α-hetero) is 1. The Labute approximate surface area is 149 Å². The molecule has 6 heteroatoms. The largest absolute Gasteiger partial charge is 0.497 e. The highest BCUT2D eigenvalue weighted by molar-refractivity contribution is 9.10. The monoisotopic (exact) mass is 391 g/mol. The number of nitrogens with one attached hydrogen (secondary N) is 1. The maximum atomic E-state index is 12.4. The van der Waals surface area contributed by atoms with Gasteiger partial charge in [-0.25, -0.2) is 0 Å². The van der Waals surface area contributed by atoms with Crippen LogP contribution in [0.1, 0.15) is 23.2 Å². The predicted molar refractivity (Wildman–Crippen MR) is 95.9 cm³/mol. The van der Waals surface area contributed by atoms with Crippen molar-refractivity contribution in [2.45, 2.75) is 12.8 Å². The molecule has 0 aliphatic carbocycles. The second kappa shape index (κ2) is 8.49. The maximum Gasteiger partial charge on any atom is 0.224 e. The molecule has 1 amide bonds. The normalized spacial score (nSPS) is 10.1. The molecule has 0 aromatic heterocycles. The van der Waals surface area contributed by atoms with Crippen molar-refractivity contribution in [3.63, 3.8) is 0 Å². The Balaban J connectivity index is 1.97. The number of ether oxygens (including phenoxy) is 2. The van der Waals surface area contributed by atoms with Crippen molar-refractivity contribution in [2.24, 2.45) is 0 Å². The average Bonchev–Trinajstić information content (AvgIpc) is 2.61. The molecule has 0 spiro atoms. The smallest absolute Gasteiger partial charge is 0.224 e. The molecule has 0 aliphatic rings. The van der Waals surface area contributed by atoms with Gasteiger partial charge in [-0.2, -0.15) is 0 Å². The average molecular weight is 392 g/mol. The molecule has 2 aromatic carbocycles. The van der Waals surface area contributed by atoms with E-state index in [1.54, 1.807) is 30.3 Å². The summed E-state index contributed by atoms with van der Waals surface area (Å²) in [6.45, 7) is 0. The number of carbonyl (C=O) groups excluding carboxylic acids is 2. The van der Waals surface area contributed by atoms with E-state index in [0.29, 0.717) is 22.7 Å². The Kier molecular flexibility index (Phi) is 6.37. The highest BCUT2D eigenvalue weighted by atomic mass is 79.9. The van der Waals surface area contributed by atoms with E-state index >= 15 is 0 Å². The van der Waals surface area contributed by atoms with Gasteiger partial charge in [-0.05, 0) is 42.5 Å². The Morgan fingerprint density at radius 3 is 2.33 bits per heavy atom. The molecule has 0 saturated heterocycles. The van der Waals surface area contributed by atoms with Crippen molar-refractivity contribution in [3.8, 4) is 11.5 Å². The molecule has 0 radical (unpaired) electrons. The minimum Gasteiger partial charge on any atom is -0.497 e. The van der Waals surface area contributed by atoms with E-state index in [-0.39, 0.29) is 24.5 Å². The summed E-state index contributed by atoms with van der Waals surface area (Å²) in [5, 5.41) is 2.76. The van der Waals surface area contributed by atoms with E-state index in [1.165, 1.54) is 14.2 Å². The molecule has 24 heavy (non-hydrogen) atoms. The third-order valence-electron chi connectivity index (χ3n) is 3.41. The third kappa shape index (κ3) is 4.83. The first-order valence-electron chi connectivity index (χ1n) is 7.34. The molecule has 0 heterocycles. The molecule has 0 fully saturated rings. The summed E-state index contributed by atoms with van der Waals surface area (Å²) in [5.41, 5.74) is 1.10. The lowest BCUT2D eigenvalue weighted by atomic mass is 10.0. The first kappa shape index (κ1) is 18.0. The Morgan fingerprint density at radius 2 is 1.71 bits per heavy atom. The van der Waals surface area contributed by atoms with Crippen LogP contribution in [0.15, 0.2) is 46.9 Å². The standard InChI is InChI=1S/C18H18BrNO4/c1-23-14-7-9-17(24-2)15(11-14)16(21)8-10-18(22)20-13-5-3-12(19)4-6-13/h3-7,9,11H,8,10H2,1-2H3,(H,20,22). The van der Waals surface area contributed by atoms with Crippen LogP contribution in [0.25, 0.3) is 0 Å². The van der Waals surface area contributed by atoms with Crippen LogP contribution in [-0.2, 0) is 4.79 Å². The molecular weight excluding hydrogens is 374 g/mol. The quantitative estimate of drug-likeness (QED) is 0.722. The Morgan fingerprint density at radius 1 is 1.00 bits per heavy atom. The van der Waals surface area contributed by atoms with Crippen molar-refractivity contribution in [1.29, 1.82) is 0 Å². The second-order valence-corrected chi connectivity index (χ2v) is 5.96. The SMILES string of the molecule is COc1ccc(OC)c(C(=O)CCC(=O)Nc2ccc(Br)cc2)c1. The molecule has 126 valence electrons. The number of methoxy groups -OCH3 is 2. The summed E-state index contributed by atoms with van der Waals surface area (Å²) >= 11 is 3.33. The van der Waals surface area contributed by atoms with Gasteiger partial charge in [0.2, 0.25) is 5.91 Å². The summed E-state index contributed by atoms with van der Waals surface area (Å²) in [5.74, 6) is 0.650. The number of benzene rings is 2. The molecule has 0 aliphatic heterocycles. The first-order chi connectivity index (χ1) is 11.5. The second-order valence-electron chi connectivity index (χ2n) is 5.04. The van der Waals surface area contributed by atoms with Crippen LogP contribution in [0.4, 0.5) is 5.69 Å². The van der Waals surface area contributed by atoms with Gasteiger partial charge in [0.1, 0.15) is 11.5 Å². The minimum absolute atomic E-state index is 0.0892. The van der Waals surface area contributed by atoms with Crippen molar-refractivity contribution in [1.82, 2.24) is 0 Å². The summed E-state index contributed by atoms with van der Waals surface area (Å²) in [4.78, 5) is 24.4. The molecule has 2 aromatic rings. The van der Waals surface area contributed by atoms with E-state index in [4.69, 9.17) is 9.47 Å². The zero-order chi connectivity index (χ0) is 17.5. The van der Waals surface area contributed by atoms with Crippen LogP contribution in [-0.4, -0.2) is 25.9 Å². The molecule has 0 saturated carbocycles. The van der Waals surface area contributed by atoms with E-state index < -0.39 is 0 Å². The summed E-state index contributed by atoms with van der Waals surface area (Å²) in [7, 11) is 3.03. The number of rotatable bonds is 7. The molecule has 0 atom stereocenters. The van der Waals surface area contributed by atoms with Gasteiger partial charge in [-0.1, -0.05) is 15.9 Å². The van der Waals surface area contributed by atoms with Crippen LogP contribution >= 0.6 is 15.9 Å². The van der Waals surface area contributed by atoms with Crippen LogP contribution in [0.5, 0.6) is 11.5 Å². The molecule has 0 bridgehead atoms. The van der Waals surface area contributed by atoms with Gasteiger partial charge in [-0.3, -0.25) is 9.59 Å². The lowest BCUT2D eigenvalue weighted by Gasteiger charge is -2.10. The summed E-state index contributed by atoms with van der Waals surface area (Å²) in [6.07, 6.45) is 0.182. The number of hydrogen-bond acceptors (Lipinski definition) is 4. The van der Waals surface area contributed by atoms with E-state index in [1.807, 2.05) is 12.1 Å². The van der Waals surface area contributed by atoms with Crippen LogP contribution in [0.2, 0.25) is 0 Å². The van der Waals surface area contributed by atoms with Gasteiger partial charge >= 0.3 is 0 Å². The maximum absolute atomic E-state index is 12.4. The van der Waals surface area contributed by atoms with Gasteiger partial charge in [0.25, 0.3) is 0 Å². The van der Waals surface area contributed by atoms with E-state index in [0.717, 1.165) is 4.47 Å². The van der Waals surface area contributed by atoms with Gasteiger partial charge in [0, 0.05) is 23.0 Å². The topological polar surface area (TPSA) is 64.6 Å². The first-order valence-corrected chi connectivity index (χ1v) is 8.13. The summed E-state index contributed by atoms with van der Waals surface area (Å²) in [6, 6.07) is 12.3. The van der Waals surface area contributed by atoms with Crippen LogP contribution in [0.3, 0.4) is 0 Å². The Hall–Kier alpha value is -2.34. The molecule has 2 rings (SSSR count). The van der Waals surface area contributed by atoms with Crippen molar-refractivity contribution < 1.29 is 19.1 Å². The molecule has 0 unspecified atom stereocenters. The highest BCUT2D eigenvalue weighted by Gasteiger charge is 2.15. The lowest BCUT2D eigenvalue weighted by Crippen LogP contribution is -2.13. The van der Waals surface area contributed by atoms with Gasteiger partial charge in [-0.15, -0.1) is 0 Å². The van der Waals surface area contributed by atoms with E-state index in [9.17, 15) is 9.59 Å². The van der Waals surface area contributed by atoms with Crippen LogP contribution in [0, 0.1) is 0 Å². The van der Waals surface area contributed by atoms with Gasteiger partial charge in [0.05, 0.1) is 19.8 Å². The van der Waals surface area contributed by atoms with Gasteiger partial charge < -0.3 is 14.8 Å².